The van der Waals surface area contributed by atoms with E-state index in [1.807, 2.05) is 18.2 Å². The number of nitrogens with one attached hydrogen (secondary N) is 2. The van der Waals surface area contributed by atoms with E-state index in [0.717, 1.165) is 10.9 Å². The van der Waals surface area contributed by atoms with Gasteiger partial charge in [0.05, 0.1) is 11.2 Å². The summed E-state index contributed by atoms with van der Waals surface area (Å²) in [6.45, 7) is 0. The van der Waals surface area contributed by atoms with Crippen LogP contribution in [0.4, 0.5) is 5.69 Å². The molecule has 0 bridgehead atoms. The second kappa shape index (κ2) is 4.93. The number of aromatic nitrogens is 3. The van der Waals surface area contributed by atoms with Crippen LogP contribution in [-0.4, -0.2) is 21.1 Å². The fourth-order valence-electron chi connectivity index (χ4n) is 1.87. The molecule has 0 atom stereocenters. The number of carbonyl (C=O) groups excluding carboxylic acids is 1. The van der Waals surface area contributed by atoms with Crippen molar-refractivity contribution < 1.29 is 4.79 Å². The van der Waals surface area contributed by atoms with Gasteiger partial charge in [-0.25, -0.2) is 5.10 Å². The normalized spacial score (nSPS) is 10.4. The van der Waals surface area contributed by atoms with Crippen LogP contribution in [0.1, 0.15) is 10.5 Å². The first-order valence-corrected chi connectivity index (χ1v) is 5.95. The molecule has 98 valence electrons. The van der Waals surface area contributed by atoms with Gasteiger partial charge < -0.3 is 5.32 Å². The zero-order valence-electron chi connectivity index (χ0n) is 10.3. The first kappa shape index (κ1) is 12.0. The molecule has 6 nitrogen and oxygen atoms in total. The molecule has 1 amide bonds. The van der Waals surface area contributed by atoms with Crippen LogP contribution in [0.3, 0.4) is 0 Å². The number of hydrogen-bond acceptors (Lipinski definition) is 4. The van der Waals surface area contributed by atoms with Crippen molar-refractivity contribution in [3.63, 3.8) is 0 Å². The maximum absolute atomic E-state index is 12.1. The minimum Gasteiger partial charge on any atom is -0.320 e. The summed E-state index contributed by atoms with van der Waals surface area (Å²) in [5.41, 5.74) is 1.23. The second-order valence-corrected chi connectivity index (χ2v) is 4.14. The molecular formula is C14H10N4O2. The van der Waals surface area contributed by atoms with Crippen molar-refractivity contribution in [3.05, 3.63) is 64.7 Å². The van der Waals surface area contributed by atoms with Crippen LogP contribution in [0.2, 0.25) is 0 Å². The Bertz CT molecular complexity index is 816. The largest absolute Gasteiger partial charge is 0.320 e. The van der Waals surface area contributed by atoms with Crippen molar-refractivity contribution in [2.75, 3.05) is 5.32 Å². The van der Waals surface area contributed by atoms with Crippen LogP contribution < -0.4 is 10.9 Å². The number of anilines is 1. The molecule has 0 saturated carbocycles. The molecule has 2 heterocycles. The average molecular weight is 266 g/mol. The summed E-state index contributed by atoms with van der Waals surface area (Å²) in [7, 11) is 0. The van der Waals surface area contributed by atoms with Gasteiger partial charge >= 0.3 is 0 Å². The smallest absolute Gasteiger partial charge is 0.276 e. The molecule has 0 saturated heterocycles. The highest BCUT2D eigenvalue weighted by Crippen LogP contribution is 2.21. The maximum Gasteiger partial charge on any atom is 0.276 e. The summed E-state index contributed by atoms with van der Waals surface area (Å²) in [6.07, 6.45) is 1.69. The summed E-state index contributed by atoms with van der Waals surface area (Å²) in [4.78, 5) is 27.2. The maximum atomic E-state index is 12.1. The van der Waals surface area contributed by atoms with Crippen LogP contribution in [0.15, 0.2) is 53.5 Å². The summed E-state index contributed by atoms with van der Waals surface area (Å²) in [5.74, 6) is -0.391. The zero-order valence-corrected chi connectivity index (χ0v) is 10.3. The number of aromatic amines is 1. The first-order valence-electron chi connectivity index (χ1n) is 5.95. The molecule has 6 heteroatoms. The number of pyridine rings is 1. The van der Waals surface area contributed by atoms with Crippen LogP contribution in [-0.2, 0) is 0 Å². The van der Waals surface area contributed by atoms with Gasteiger partial charge in [-0.15, -0.1) is 0 Å². The molecule has 2 N–H and O–H groups in total. The molecule has 20 heavy (non-hydrogen) atoms. The van der Waals surface area contributed by atoms with Gasteiger partial charge in [0.1, 0.15) is 5.69 Å². The quantitative estimate of drug-likeness (QED) is 0.737. The summed E-state index contributed by atoms with van der Waals surface area (Å²) >= 11 is 0. The number of H-pyrrole nitrogens is 1. The topological polar surface area (TPSA) is 87.7 Å². The van der Waals surface area contributed by atoms with Gasteiger partial charge in [-0.1, -0.05) is 6.07 Å². The Morgan fingerprint density at radius 1 is 1.10 bits per heavy atom. The highest BCUT2D eigenvalue weighted by molar-refractivity contribution is 6.07. The van der Waals surface area contributed by atoms with Gasteiger partial charge in [0.2, 0.25) is 0 Å². The highest BCUT2D eigenvalue weighted by Gasteiger charge is 2.09. The van der Waals surface area contributed by atoms with Crippen LogP contribution in [0.5, 0.6) is 0 Å². The van der Waals surface area contributed by atoms with Crippen molar-refractivity contribution in [1.29, 1.82) is 0 Å². The Morgan fingerprint density at radius 2 is 2.00 bits per heavy atom. The molecule has 0 fully saturated rings. The Kier molecular flexibility index (Phi) is 2.96. The fourth-order valence-corrected chi connectivity index (χ4v) is 1.87. The number of rotatable bonds is 2. The highest BCUT2D eigenvalue weighted by atomic mass is 16.2. The van der Waals surface area contributed by atoms with E-state index in [0.29, 0.717) is 5.69 Å². The summed E-state index contributed by atoms with van der Waals surface area (Å²) in [5, 5.41) is 9.51. The predicted molar refractivity (Wildman–Crippen MR) is 74.6 cm³/mol. The van der Waals surface area contributed by atoms with E-state index in [2.05, 4.69) is 20.5 Å². The Hall–Kier alpha value is -3.02. The minimum absolute atomic E-state index is 0.144. The Balaban J connectivity index is 1.95. The molecule has 1 aromatic carbocycles. The van der Waals surface area contributed by atoms with Crippen LogP contribution in [0.25, 0.3) is 10.9 Å². The zero-order chi connectivity index (χ0) is 13.9. The van der Waals surface area contributed by atoms with E-state index in [9.17, 15) is 9.59 Å². The van der Waals surface area contributed by atoms with Crippen molar-refractivity contribution in [2.45, 2.75) is 0 Å². The van der Waals surface area contributed by atoms with Crippen molar-refractivity contribution in [1.82, 2.24) is 15.2 Å². The van der Waals surface area contributed by atoms with E-state index < -0.39 is 5.91 Å². The predicted octanol–water partition coefficient (Wildman–Crippen LogP) is 1.57. The van der Waals surface area contributed by atoms with Gasteiger partial charge in [0, 0.05) is 17.6 Å². The third kappa shape index (κ3) is 2.26. The fraction of sp³-hybridized carbons (Fsp3) is 0. The third-order valence-corrected chi connectivity index (χ3v) is 2.81. The lowest BCUT2D eigenvalue weighted by molar-refractivity contribution is 0.102. The molecule has 0 radical (unpaired) electrons. The van der Waals surface area contributed by atoms with E-state index in [1.165, 1.54) is 12.1 Å². The minimum atomic E-state index is -0.391. The average Bonchev–Trinajstić information content (AvgIpc) is 2.48. The monoisotopic (exact) mass is 266 g/mol. The number of amides is 1. The van der Waals surface area contributed by atoms with E-state index in [-0.39, 0.29) is 11.3 Å². The molecule has 0 aliphatic carbocycles. The molecule has 0 aliphatic rings. The molecular weight excluding hydrogens is 256 g/mol. The molecule has 2 aromatic heterocycles. The standard InChI is InChI=1S/C14H10N4O2/c19-13-7-6-12(17-18-13)14(20)16-11-5-1-4-10-9(11)3-2-8-15-10/h1-8H,(H,16,20)(H,18,19). The Morgan fingerprint density at radius 3 is 2.80 bits per heavy atom. The van der Waals surface area contributed by atoms with Crippen molar-refractivity contribution in [2.24, 2.45) is 0 Å². The molecule has 0 aliphatic heterocycles. The lowest BCUT2D eigenvalue weighted by Crippen LogP contribution is -2.17. The van der Waals surface area contributed by atoms with Crippen molar-refractivity contribution >= 4 is 22.5 Å². The van der Waals surface area contributed by atoms with Gasteiger partial charge in [-0.2, -0.15) is 5.10 Å². The molecule has 3 rings (SSSR count). The van der Waals surface area contributed by atoms with Crippen LogP contribution >= 0.6 is 0 Å². The second-order valence-electron chi connectivity index (χ2n) is 4.14. The van der Waals surface area contributed by atoms with E-state index >= 15 is 0 Å². The number of nitrogens with zero attached hydrogens (tertiary/aromatic N) is 2. The number of benzene rings is 1. The van der Waals surface area contributed by atoms with Gasteiger partial charge in [-0.3, -0.25) is 14.6 Å². The summed E-state index contributed by atoms with van der Waals surface area (Å²) < 4.78 is 0. The van der Waals surface area contributed by atoms with Crippen molar-refractivity contribution in [3.8, 4) is 0 Å². The van der Waals surface area contributed by atoms with Crippen LogP contribution in [0, 0.1) is 0 Å². The van der Waals surface area contributed by atoms with E-state index in [4.69, 9.17) is 0 Å². The molecule has 0 unspecified atom stereocenters. The number of hydrogen-bond donors (Lipinski definition) is 2. The lowest BCUT2D eigenvalue weighted by Gasteiger charge is -2.07. The Labute approximate surface area is 113 Å². The van der Waals surface area contributed by atoms with E-state index in [1.54, 1.807) is 18.3 Å². The molecule has 3 aromatic rings. The van der Waals surface area contributed by atoms with Gasteiger partial charge in [-0.05, 0) is 30.3 Å². The van der Waals surface area contributed by atoms with Gasteiger partial charge in [0.25, 0.3) is 11.5 Å². The third-order valence-electron chi connectivity index (χ3n) is 2.81. The lowest BCUT2D eigenvalue weighted by atomic mass is 10.2. The number of carbonyl (C=O) groups is 1. The first-order chi connectivity index (χ1) is 9.74. The summed E-state index contributed by atoms with van der Waals surface area (Å²) in [6, 6.07) is 11.8. The SMILES string of the molecule is O=C(Nc1cccc2ncccc12)c1ccc(=O)[nH]n1. The molecule has 0 spiro atoms. The number of fused-ring (bicyclic) bond motifs is 1. The van der Waals surface area contributed by atoms with Gasteiger partial charge in [0.15, 0.2) is 0 Å².